The van der Waals surface area contributed by atoms with Crippen molar-refractivity contribution in [2.24, 2.45) is 0 Å². The summed E-state index contributed by atoms with van der Waals surface area (Å²) >= 11 is 0. The fraction of sp³-hybridized carbons (Fsp3) is 0.750. The highest BCUT2D eigenvalue weighted by Gasteiger charge is 2.12. The monoisotopic (exact) mass is 166 g/mol. The molecule has 10 heavy (non-hydrogen) atoms. The van der Waals surface area contributed by atoms with E-state index in [1.807, 2.05) is 0 Å². The van der Waals surface area contributed by atoms with E-state index < -0.39 is 10.2 Å². The molecule has 0 fully saturated rings. The molecule has 1 amide bonds. The minimum Gasteiger partial charge on any atom is -0.278 e. The molecule has 0 saturated carbocycles. The van der Waals surface area contributed by atoms with Crippen molar-refractivity contribution >= 4 is 16.6 Å². The third kappa shape index (κ3) is 2.32. The Morgan fingerprint density at radius 2 is 2.10 bits per heavy atom. The van der Waals surface area contributed by atoms with Crippen molar-refractivity contribution in [1.82, 2.24) is 9.03 Å². The zero-order chi connectivity index (χ0) is 8.20. The molecule has 0 spiro atoms. The van der Waals surface area contributed by atoms with Crippen LogP contribution >= 0.6 is 0 Å². The van der Waals surface area contributed by atoms with Gasteiger partial charge >= 0.3 is 10.2 Å². The second-order valence-electron chi connectivity index (χ2n) is 1.65. The van der Waals surface area contributed by atoms with Crippen LogP contribution in [-0.4, -0.2) is 32.7 Å². The van der Waals surface area contributed by atoms with Crippen molar-refractivity contribution < 1.29 is 13.2 Å². The first kappa shape index (κ1) is 9.38. The maximum Gasteiger partial charge on any atom is 0.303 e. The molecule has 5 nitrogen and oxygen atoms in total. The first-order valence-electron chi connectivity index (χ1n) is 2.71. The minimum atomic E-state index is -3.55. The summed E-state index contributed by atoms with van der Waals surface area (Å²) in [5.41, 5.74) is 0. The van der Waals surface area contributed by atoms with Gasteiger partial charge in [0.15, 0.2) is 0 Å². The molecule has 0 heterocycles. The van der Waals surface area contributed by atoms with E-state index in [1.54, 1.807) is 11.6 Å². The van der Waals surface area contributed by atoms with Crippen molar-refractivity contribution in [3.8, 4) is 0 Å². The van der Waals surface area contributed by atoms with Crippen LogP contribution in [0.5, 0.6) is 0 Å². The molecule has 0 radical (unpaired) electrons. The van der Waals surface area contributed by atoms with E-state index in [4.69, 9.17) is 0 Å². The van der Waals surface area contributed by atoms with Gasteiger partial charge in [-0.1, -0.05) is 6.92 Å². The smallest absolute Gasteiger partial charge is 0.278 e. The largest absolute Gasteiger partial charge is 0.303 e. The highest BCUT2D eigenvalue weighted by molar-refractivity contribution is 7.87. The molecule has 0 atom stereocenters. The van der Waals surface area contributed by atoms with Gasteiger partial charge in [0.2, 0.25) is 6.41 Å². The summed E-state index contributed by atoms with van der Waals surface area (Å²) in [4.78, 5) is 9.72. The number of carbonyl (C=O) groups excluding carboxylic acids is 1. The Labute approximate surface area is 60.2 Å². The Kier molecular flexibility index (Phi) is 3.31. The highest BCUT2D eigenvalue weighted by Crippen LogP contribution is 1.88. The van der Waals surface area contributed by atoms with Crippen molar-refractivity contribution in [3.05, 3.63) is 0 Å². The molecule has 0 rings (SSSR count). The number of nitrogens with one attached hydrogen (secondary N) is 1. The molecule has 0 saturated heterocycles. The Bertz CT molecular complexity index is 199. The lowest BCUT2D eigenvalue weighted by Crippen LogP contribution is -2.37. The van der Waals surface area contributed by atoms with Crippen molar-refractivity contribution in [2.45, 2.75) is 6.92 Å². The van der Waals surface area contributed by atoms with Gasteiger partial charge < -0.3 is 0 Å². The van der Waals surface area contributed by atoms with Gasteiger partial charge in [-0.25, -0.2) is 4.72 Å². The van der Waals surface area contributed by atoms with Gasteiger partial charge in [0, 0.05) is 13.6 Å². The van der Waals surface area contributed by atoms with Gasteiger partial charge in [0.05, 0.1) is 0 Å². The molecule has 1 N–H and O–H groups in total. The zero-order valence-corrected chi connectivity index (χ0v) is 6.68. The number of hydrogen-bond acceptors (Lipinski definition) is 3. The normalized spacial score (nSPS) is 11.5. The average molecular weight is 166 g/mol. The van der Waals surface area contributed by atoms with Crippen LogP contribution in [0.3, 0.4) is 0 Å². The van der Waals surface area contributed by atoms with E-state index in [1.165, 1.54) is 7.05 Å². The fourth-order valence-electron chi connectivity index (χ4n) is 0.321. The summed E-state index contributed by atoms with van der Waals surface area (Å²) in [6, 6.07) is 0. The van der Waals surface area contributed by atoms with Crippen LogP contribution in [0.2, 0.25) is 0 Å². The molecule has 0 aromatic rings. The number of nitrogens with zero attached hydrogens (tertiary/aromatic N) is 1. The number of rotatable bonds is 4. The third-order valence-electron chi connectivity index (χ3n) is 1.05. The minimum absolute atomic E-state index is 0.140. The summed E-state index contributed by atoms with van der Waals surface area (Å²) in [5.74, 6) is 0. The van der Waals surface area contributed by atoms with Gasteiger partial charge in [0.25, 0.3) is 0 Å². The van der Waals surface area contributed by atoms with E-state index in [-0.39, 0.29) is 6.41 Å². The predicted octanol–water partition coefficient (Wildman–Crippen LogP) is -1.07. The van der Waals surface area contributed by atoms with E-state index in [0.717, 1.165) is 4.31 Å². The SMILES string of the molecule is CCN(C)S(=O)(=O)NC=O. The lowest BCUT2D eigenvalue weighted by atomic mass is 10.8. The van der Waals surface area contributed by atoms with E-state index in [2.05, 4.69) is 0 Å². The zero-order valence-electron chi connectivity index (χ0n) is 5.86. The second kappa shape index (κ2) is 3.52. The van der Waals surface area contributed by atoms with E-state index >= 15 is 0 Å². The predicted molar refractivity (Wildman–Crippen MR) is 36.4 cm³/mol. The molecule has 0 unspecified atom stereocenters. The second-order valence-corrected chi connectivity index (χ2v) is 3.46. The van der Waals surface area contributed by atoms with Crippen LogP contribution < -0.4 is 4.72 Å². The maximum absolute atomic E-state index is 10.7. The molecule has 0 aliphatic rings. The van der Waals surface area contributed by atoms with Crippen LogP contribution in [0.15, 0.2) is 0 Å². The summed E-state index contributed by atoms with van der Waals surface area (Å²) < 4.78 is 24.2. The average Bonchev–Trinajstić information content (AvgIpc) is 1.86. The quantitative estimate of drug-likeness (QED) is 0.541. The van der Waals surface area contributed by atoms with Crippen LogP contribution in [-0.2, 0) is 15.0 Å². The molecule has 0 aliphatic carbocycles. The summed E-state index contributed by atoms with van der Waals surface area (Å²) in [7, 11) is -2.16. The highest BCUT2D eigenvalue weighted by atomic mass is 32.2. The first-order valence-corrected chi connectivity index (χ1v) is 4.16. The summed E-state index contributed by atoms with van der Waals surface area (Å²) in [6.45, 7) is 2.01. The molecular weight excluding hydrogens is 156 g/mol. The van der Waals surface area contributed by atoms with Gasteiger partial charge in [0.1, 0.15) is 0 Å². The van der Waals surface area contributed by atoms with Crippen LogP contribution in [0.25, 0.3) is 0 Å². The molecule has 0 bridgehead atoms. The van der Waals surface area contributed by atoms with Crippen molar-refractivity contribution in [2.75, 3.05) is 13.6 Å². The van der Waals surface area contributed by atoms with Gasteiger partial charge in [-0.2, -0.15) is 12.7 Å². The number of amides is 1. The lowest BCUT2D eigenvalue weighted by Gasteiger charge is -2.11. The molecule has 0 aromatic carbocycles. The van der Waals surface area contributed by atoms with Gasteiger partial charge in [-0.3, -0.25) is 4.79 Å². The Hall–Kier alpha value is -0.620. The van der Waals surface area contributed by atoms with Crippen LogP contribution in [0.4, 0.5) is 0 Å². The van der Waals surface area contributed by atoms with Gasteiger partial charge in [-0.15, -0.1) is 0 Å². The molecular formula is C4H10N2O3S. The van der Waals surface area contributed by atoms with Gasteiger partial charge in [-0.05, 0) is 0 Å². The Morgan fingerprint density at radius 3 is 2.40 bits per heavy atom. The van der Waals surface area contributed by atoms with Crippen molar-refractivity contribution in [1.29, 1.82) is 0 Å². The van der Waals surface area contributed by atoms with Crippen molar-refractivity contribution in [3.63, 3.8) is 0 Å². The standard InChI is InChI=1S/C4H10N2O3S/c1-3-6(2)10(8,9)5-4-7/h4H,3H2,1-2H3,(H,5,7). The summed E-state index contributed by atoms with van der Waals surface area (Å²) in [5, 5.41) is 0. The molecule has 60 valence electrons. The third-order valence-corrected chi connectivity index (χ3v) is 2.53. The first-order chi connectivity index (χ1) is 4.54. The number of carbonyl (C=O) groups is 1. The van der Waals surface area contributed by atoms with Crippen LogP contribution in [0.1, 0.15) is 6.92 Å². The summed E-state index contributed by atoms with van der Waals surface area (Å²) in [6.07, 6.45) is 0.140. The lowest BCUT2D eigenvalue weighted by molar-refractivity contribution is -0.108. The van der Waals surface area contributed by atoms with E-state index in [9.17, 15) is 13.2 Å². The Morgan fingerprint density at radius 1 is 1.60 bits per heavy atom. The fourth-order valence-corrected chi connectivity index (χ4v) is 0.962. The molecule has 0 aliphatic heterocycles. The van der Waals surface area contributed by atoms with E-state index in [0.29, 0.717) is 6.54 Å². The Balaban J connectivity index is 4.25. The molecule has 6 heteroatoms. The molecule has 0 aromatic heterocycles. The maximum atomic E-state index is 10.7. The topological polar surface area (TPSA) is 66.5 Å². The number of hydrogen-bond donors (Lipinski definition) is 1. The van der Waals surface area contributed by atoms with Crippen LogP contribution in [0, 0.1) is 0 Å².